The average Bonchev–Trinajstić information content (AvgIpc) is 3.28. The molecule has 8 heteroatoms. The van der Waals surface area contributed by atoms with Crippen LogP contribution in [0, 0.1) is 5.92 Å². The van der Waals surface area contributed by atoms with Gasteiger partial charge in [0.05, 0.1) is 13.2 Å². The summed E-state index contributed by atoms with van der Waals surface area (Å²) in [7, 11) is 1.62. The Bertz CT molecular complexity index is 650. The van der Waals surface area contributed by atoms with E-state index in [1.807, 2.05) is 24.3 Å². The third kappa shape index (κ3) is 4.80. The van der Waals surface area contributed by atoms with Crippen LogP contribution in [0.5, 0.6) is 5.75 Å². The molecule has 26 heavy (non-hydrogen) atoms. The number of hydrogen-bond donors (Lipinski definition) is 3. The van der Waals surface area contributed by atoms with Crippen molar-refractivity contribution >= 4 is 18.5 Å². The van der Waals surface area contributed by atoms with Gasteiger partial charge < -0.3 is 25.2 Å². The number of hydrogen-bond acceptors (Lipinski definition) is 7. The number of benzene rings is 1. The van der Waals surface area contributed by atoms with E-state index in [2.05, 4.69) is 20.8 Å². The first-order chi connectivity index (χ1) is 12.7. The van der Waals surface area contributed by atoms with E-state index in [4.69, 9.17) is 9.47 Å². The molecule has 2 heterocycles. The molecule has 0 unspecified atom stereocenters. The Morgan fingerprint density at radius 2 is 2.04 bits per heavy atom. The fourth-order valence-electron chi connectivity index (χ4n) is 3.08. The second-order valence-corrected chi connectivity index (χ2v) is 6.41. The van der Waals surface area contributed by atoms with Gasteiger partial charge in [-0.2, -0.15) is 10.2 Å². The smallest absolute Gasteiger partial charge is 0.407 e. The van der Waals surface area contributed by atoms with Crippen molar-refractivity contribution < 1.29 is 19.4 Å². The Labute approximate surface area is 152 Å². The Morgan fingerprint density at radius 1 is 1.31 bits per heavy atom. The normalized spacial score (nSPS) is 24.8. The number of rotatable bonds is 7. The molecule has 0 spiro atoms. The topological polar surface area (TPSA) is 105 Å². The highest BCUT2D eigenvalue weighted by atomic mass is 16.6. The molecule has 8 nitrogen and oxygen atoms in total. The monoisotopic (exact) mass is 360 g/mol. The molecule has 1 saturated heterocycles. The van der Waals surface area contributed by atoms with E-state index in [0.717, 1.165) is 11.3 Å². The van der Waals surface area contributed by atoms with Gasteiger partial charge in [0.1, 0.15) is 18.0 Å². The fourth-order valence-corrected chi connectivity index (χ4v) is 3.08. The van der Waals surface area contributed by atoms with Crippen molar-refractivity contribution in [3.63, 3.8) is 0 Å². The Kier molecular flexibility index (Phi) is 6.19. The number of carbonyl (C=O) groups excluding carboxylic acids is 1. The number of β-amino-alcohol motifs (C(OH)–C–C–N with tert-alkyl or cyclic N) is 1. The van der Waals surface area contributed by atoms with Crippen LogP contribution in [-0.4, -0.2) is 62.1 Å². The maximum atomic E-state index is 12.0. The van der Waals surface area contributed by atoms with Crippen LogP contribution >= 0.6 is 0 Å². The van der Waals surface area contributed by atoms with E-state index in [-0.39, 0.29) is 12.0 Å². The summed E-state index contributed by atoms with van der Waals surface area (Å²) in [5.41, 5.74) is 1.08. The van der Waals surface area contributed by atoms with Crippen molar-refractivity contribution in [2.75, 3.05) is 20.2 Å². The number of nitrogens with zero attached hydrogens (tertiary/aromatic N) is 2. The van der Waals surface area contributed by atoms with Gasteiger partial charge >= 0.3 is 6.09 Å². The number of aliphatic hydroxyl groups excluding tert-OH is 1. The second-order valence-electron chi connectivity index (χ2n) is 6.41. The van der Waals surface area contributed by atoms with Gasteiger partial charge in [-0.25, -0.2) is 4.79 Å². The molecular weight excluding hydrogens is 336 g/mol. The fraction of sp³-hybridized carbons (Fsp3) is 0.500. The third-order valence-electron chi connectivity index (χ3n) is 4.55. The van der Waals surface area contributed by atoms with Crippen LogP contribution in [0.25, 0.3) is 0 Å². The van der Waals surface area contributed by atoms with Gasteiger partial charge in [-0.15, -0.1) is 0 Å². The van der Waals surface area contributed by atoms with E-state index < -0.39 is 18.3 Å². The molecule has 0 bridgehead atoms. The lowest BCUT2D eigenvalue weighted by atomic mass is 10.0. The molecule has 1 aromatic rings. The summed E-state index contributed by atoms with van der Waals surface area (Å²) in [4.78, 5) is 12.0. The highest BCUT2D eigenvalue weighted by Gasteiger charge is 2.37. The molecule has 0 radical (unpaired) electrons. The number of amides is 1. The van der Waals surface area contributed by atoms with Crippen LogP contribution in [0.15, 0.2) is 34.5 Å². The highest BCUT2D eigenvalue weighted by molar-refractivity contribution is 5.86. The summed E-state index contributed by atoms with van der Waals surface area (Å²) in [6, 6.07) is 7.57. The Morgan fingerprint density at radius 3 is 2.73 bits per heavy atom. The number of aliphatic hydroxyl groups is 1. The number of alkyl carbamates (subject to hydrolysis) is 1. The van der Waals surface area contributed by atoms with Gasteiger partial charge in [-0.3, -0.25) is 0 Å². The lowest BCUT2D eigenvalue weighted by Crippen LogP contribution is -2.41. The zero-order valence-electron chi connectivity index (χ0n) is 14.7. The molecule has 2 aliphatic rings. The Balaban J connectivity index is 1.48. The summed E-state index contributed by atoms with van der Waals surface area (Å²) in [6.45, 7) is 0.856. The minimum atomic E-state index is -0.724. The standard InChI is InChI=1S/C18H24N4O4/c1-25-14-4-2-12(3-5-14)8-15-17(16(23)11-20-15)26-18(24)19-7-6-13-9-21-22-10-13/h2-5,9-10,13,15-17,20,23H,6-8,11H2,1H3,(H,19,24)/t15-,16+,17+/m1/s1. The maximum absolute atomic E-state index is 12.0. The van der Waals surface area contributed by atoms with Crippen LogP contribution < -0.4 is 15.4 Å². The molecule has 1 aromatic carbocycles. The van der Waals surface area contributed by atoms with Gasteiger partial charge in [0.2, 0.25) is 0 Å². The van der Waals surface area contributed by atoms with Gasteiger partial charge in [0, 0.05) is 31.4 Å². The molecule has 2 aliphatic heterocycles. The van der Waals surface area contributed by atoms with Crippen molar-refractivity contribution in [2.45, 2.75) is 31.1 Å². The van der Waals surface area contributed by atoms with E-state index in [1.165, 1.54) is 0 Å². The summed E-state index contributed by atoms with van der Waals surface area (Å²) < 4.78 is 10.6. The third-order valence-corrected chi connectivity index (χ3v) is 4.55. The average molecular weight is 360 g/mol. The summed E-state index contributed by atoms with van der Waals surface area (Å²) in [5.74, 6) is 0.939. The minimum Gasteiger partial charge on any atom is -0.497 e. The van der Waals surface area contributed by atoms with Gasteiger partial charge in [-0.1, -0.05) is 12.1 Å². The van der Waals surface area contributed by atoms with E-state index in [1.54, 1.807) is 19.5 Å². The van der Waals surface area contributed by atoms with E-state index in [9.17, 15) is 9.90 Å². The summed E-state index contributed by atoms with van der Waals surface area (Å²) in [5, 5.41) is 23.6. The van der Waals surface area contributed by atoms with Crippen LogP contribution in [0.1, 0.15) is 12.0 Å². The molecule has 0 aromatic heterocycles. The zero-order valence-corrected chi connectivity index (χ0v) is 14.7. The largest absolute Gasteiger partial charge is 0.497 e. The van der Waals surface area contributed by atoms with Crippen molar-refractivity contribution in [3.8, 4) is 5.75 Å². The lowest BCUT2D eigenvalue weighted by Gasteiger charge is -2.22. The van der Waals surface area contributed by atoms with E-state index >= 15 is 0 Å². The summed E-state index contributed by atoms with van der Waals surface area (Å²) >= 11 is 0. The molecule has 3 N–H and O–H groups in total. The first-order valence-electron chi connectivity index (χ1n) is 8.71. The van der Waals surface area contributed by atoms with Crippen molar-refractivity contribution in [2.24, 2.45) is 16.1 Å². The first-order valence-corrected chi connectivity index (χ1v) is 8.71. The van der Waals surface area contributed by atoms with Crippen molar-refractivity contribution in [1.29, 1.82) is 0 Å². The van der Waals surface area contributed by atoms with Gasteiger partial charge in [0.25, 0.3) is 0 Å². The van der Waals surface area contributed by atoms with Crippen molar-refractivity contribution in [1.82, 2.24) is 10.6 Å². The van der Waals surface area contributed by atoms with Crippen LogP contribution in [0.3, 0.4) is 0 Å². The summed E-state index contributed by atoms with van der Waals surface area (Å²) in [6.07, 6.45) is 3.00. The molecule has 140 valence electrons. The molecule has 1 amide bonds. The predicted octanol–water partition coefficient (Wildman–Crippen LogP) is 0.742. The number of nitrogens with one attached hydrogen (secondary N) is 2. The quantitative estimate of drug-likeness (QED) is 0.665. The highest BCUT2D eigenvalue weighted by Crippen LogP contribution is 2.19. The first kappa shape index (κ1) is 18.3. The molecule has 3 rings (SSSR count). The second kappa shape index (κ2) is 8.77. The molecule has 3 atom stereocenters. The number of carbonyl (C=O) groups is 1. The number of methoxy groups -OCH3 is 1. The van der Waals surface area contributed by atoms with Crippen LogP contribution in [0.2, 0.25) is 0 Å². The van der Waals surface area contributed by atoms with E-state index in [0.29, 0.717) is 25.9 Å². The number of ether oxygens (including phenoxy) is 2. The van der Waals surface area contributed by atoms with Crippen molar-refractivity contribution in [3.05, 3.63) is 29.8 Å². The molecule has 1 fully saturated rings. The zero-order chi connectivity index (χ0) is 18.4. The molecular formula is C18H24N4O4. The van der Waals surface area contributed by atoms with Crippen LogP contribution in [-0.2, 0) is 11.2 Å². The predicted molar refractivity (Wildman–Crippen MR) is 97.9 cm³/mol. The minimum absolute atomic E-state index is 0.141. The SMILES string of the molecule is COc1ccc(C[C@H]2NC[C@H](O)[C@H]2OC(=O)NCCC2C=NN=C2)cc1. The van der Waals surface area contributed by atoms with Gasteiger partial charge in [-0.05, 0) is 30.5 Å². The molecule has 0 saturated carbocycles. The van der Waals surface area contributed by atoms with Crippen LogP contribution in [0.4, 0.5) is 4.79 Å². The lowest BCUT2D eigenvalue weighted by molar-refractivity contribution is 0.0190. The molecule has 0 aliphatic carbocycles. The maximum Gasteiger partial charge on any atom is 0.407 e. The Hall–Kier alpha value is -2.45. The van der Waals surface area contributed by atoms with Gasteiger partial charge in [0.15, 0.2) is 0 Å².